The van der Waals surface area contributed by atoms with Gasteiger partial charge >= 0.3 is 6.36 Å². The van der Waals surface area contributed by atoms with E-state index in [1.807, 2.05) is 0 Å². The van der Waals surface area contributed by atoms with Crippen molar-refractivity contribution >= 4 is 17.3 Å². The van der Waals surface area contributed by atoms with Gasteiger partial charge in [-0.1, -0.05) is 16.7 Å². The molecule has 0 aliphatic heterocycles. The number of azide groups is 1. The third kappa shape index (κ3) is 3.92. The fourth-order valence-electron chi connectivity index (χ4n) is 0.740. The highest BCUT2D eigenvalue weighted by atomic mass is 35.5. The molecule has 1 rings (SSSR count). The van der Waals surface area contributed by atoms with Gasteiger partial charge in [0.05, 0.1) is 0 Å². The number of hydrogen-bond acceptors (Lipinski definition) is 3. The van der Waals surface area contributed by atoms with E-state index < -0.39 is 12.2 Å². The molecule has 1 aromatic heterocycles. The summed E-state index contributed by atoms with van der Waals surface area (Å²) in [7, 11) is 0. The lowest BCUT2D eigenvalue weighted by Crippen LogP contribution is -2.17. The quantitative estimate of drug-likeness (QED) is 0.342. The van der Waals surface area contributed by atoms with Crippen LogP contribution in [-0.2, 0) is 0 Å². The zero-order chi connectivity index (χ0) is 11.5. The first-order chi connectivity index (χ1) is 6.90. The molecule has 0 fully saturated rings. The van der Waals surface area contributed by atoms with E-state index in [2.05, 4.69) is 19.7 Å². The largest absolute Gasteiger partial charge is 0.574 e. The van der Waals surface area contributed by atoms with Crippen LogP contribution in [0.15, 0.2) is 17.2 Å². The van der Waals surface area contributed by atoms with Crippen molar-refractivity contribution < 1.29 is 17.9 Å². The lowest BCUT2D eigenvalue weighted by molar-refractivity contribution is -0.276. The molecule has 80 valence electrons. The molecule has 0 spiro atoms. The second kappa shape index (κ2) is 4.24. The molecule has 9 heteroatoms. The maximum atomic E-state index is 11.8. The molecule has 1 heterocycles. The molecule has 0 N–H and O–H groups in total. The Hall–Kier alpha value is -1.66. The first kappa shape index (κ1) is 11.4. The van der Waals surface area contributed by atoms with Crippen LogP contribution in [0.1, 0.15) is 0 Å². The number of pyridine rings is 1. The van der Waals surface area contributed by atoms with Crippen LogP contribution in [-0.4, -0.2) is 11.3 Å². The Balaban J connectivity index is 3.04. The highest BCUT2D eigenvalue weighted by Gasteiger charge is 2.32. The van der Waals surface area contributed by atoms with Crippen molar-refractivity contribution in [2.75, 3.05) is 0 Å². The topological polar surface area (TPSA) is 70.9 Å². The molecule has 1 aromatic rings. The maximum absolute atomic E-state index is 11.8. The minimum atomic E-state index is -4.87. The summed E-state index contributed by atoms with van der Waals surface area (Å²) in [4.78, 5) is 5.63. The third-order valence-electron chi connectivity index (χ3n) is 1.14. The molecule has 0 unspecified atom stereocenters. The summed E-state index contributed by atoms with van der Waals surface area (Å²) < 4.78 is 38.8. The summed E-state index contributed by atoms with van der Waals surface area (Å²) in [5, 5.41) is 2.80. The van der Waals surface area contributed by atoms with Gasteiger partial charge in [-0.05, 0) is 11.6 Å². The van der Waals surface area contributed by atoms with Crippen LogP contribution in [0.25, 0.3) is 10.4 Å². The summed E-state index contributed by atoms with van der Waals surface area (Å²) >= 11 is 5.37. The van der Waals surface area contributed by atoms with Gasteiger partial charge < -0.3 is 4.74 Å². The van der Waals surface area contributed by atoms with Gasteiger partial charge in [-0.3, -0.25) is 0 Å². The zero-order valence-electron chi connectivity index (χ0n) is 6.86. The second-order valence-corrected chi connectivity index (χ2v) is 2.61. The lowest BCUT2D eigenvalue weighted by Gasteiger charge is -2.07. The van der Waals surface area contributed by atoms with Crippen LogP contribution < -0.4 is 4.74 Å². The van der Waals surface area contributed by atoms with Gasteiger partial charge in [-0.2, -0.15) is 0 Å². The normalized spacial score (nSPS) is 10.7. The van der Waals surface area contributed by atoms with E-state index in [-0.39, 0.29) is 10.8 Å². The monoisotopic (exact) mass is 238 g/mol. The molecule has 15 heavy (non-hydrogen) atoms. The maximum Gasteiger partial charge on any atom is 0.574 e. The number of aromatic nitrogens is 1. The Morgan fingerprint density at radius 2 is 2.13 bits per heavy atom. The van der Waals surface area contributed by atoms with Crippen LogP contribution in [0.2, 0.25) is 5.15 Å². The van der Waals surface area contributed by atoms with Gasteiger partial charge in [-0.25, -0.2) is 4.98 Å². The van der Waals surface area contributed by atoms with Crippen LogP contribution >= 0.6 is 11.6 Å². The van der Waals surface area contributed by atoms with E-state index in [0.29, 0.717) is 0 Å². The summed E-state index contributed by atoms with van der Waals surface area (Å²) in [5.41, 5.74) is 7.95. The van der Waals surface area contributed by atoms with E-state index in [0.717, 1.165) is 12.1 Å². The van der Waals surface area contributed by atoms with Crippen molar-refractivity contribution in [2.45, 2.75) is 6.36 Å². The average Bonchev–Trinajstić information content (AvgIpc) is 1.99. The summed E-state index contributed by atoms with van der Waals surface area (Å²) in [6.07, 6.45) is -4.87. The molecule has 5 nitrogen and oxygen atoms in total. The Morgan fingerprint density at radius 1 is 1.47 bits per heavy atom. The van der Waals surface area contributed by atoms with E-state index in [4.69, 9.17) is 17.1 Å². The lowest BCUT2D eigenvalue weighted by atomic mass is 10.4. The van der Waals surface area contributed by atoms with Gasteiger partial charge in [0, 0.05) is 16.7 Å². The van der Waals surface area contributed by atoms with Crippen molar-refractivity contribution in [3.8, 4) is 5.88 Å². The van der Waals surface area contributed by atoms with E-state index in [1.54, 1.807) is 0 Å². The van der Waals surface area contributed by atoms with Gasteiger partial charge in [0.2, 0.25) is 5.88 Å². The minimum Gasteiger partial charge on any atom is -0.388 e. The summed E-state index contributed by atoms with van der Waals surface area (Å²) in [5.74, 6) is -0.780. The molecular formula is C6H2ClF3N4O. The highest BCUT2D eigenvalue weighted by Crippen LogP contribution is 2.27. The molecular weight excluding hydrogens is 237 g/mol. The van der Waals surface area contributed by atoms with E-state index >= 15 is 0 Å². The molecule has 0 radical (unpaired) electrons. The molecule has 0 atom stereocenters. The fraction of sp³-hybridized carbons (Fsp3) is 0.167. The summed E-state index contributed by atoms with van der Waals surface area (Å²) in [6.45, 7) is 0. The Morgan fingerprint density at radius 3 is 2.67 bits per heavy atom. The van der Waals surface area contributed by atoms with Gasteiger partial charge in [-0.15, -0.1) is 13.2 Å². The molecule has 0 amide bonds. The Bertz CT molecular complexity index is 415. The first-order valence-corrected chi connectivity index (χ1v) is 3.77. The van der Waals surface area contributed by atoms with Crippen LogP contribution in [0.5, 0.6) is 5.88 Å². The van der Waals surface area contributed by atoms with Gasteiger partial charge in [0.25, 0.3) is 0 Å². The number of rotatable bonds is 2. The number of halogens is 4. The van der Waals surface area contributed by atoms with Crippen molar-refractivity contribution in [2.24, 2.45) is 5.11 Å². The number of hydrogen-bond donors (Lipinski definition) is 0. The Labute approximate surface area is 86.1 Å². The van der Waals surface area contributed by atoms with Crippen LogP contribution in [0.4, 0.5) is 18.9 Å². The fourth-order valence-corrected chi connectivity index (χ4v) is 0.935. The molecule has 0 saturated heterocycles. The van der Waals surface area contributed by atoms with Crippen molar-refractivity contribution in [1.29, 1.82) is 0 Å². The highest BCUT2D eigenvalue weighted by molar-refractivity contribution is 6.29. The number of ether oxygens (including phenoxy) is 1. The minimum absolute atomic E-state index is 0.114. The standard InChI is InChI=1S/C6H2ClF3N4O/c7-4-1-3(13-14-11)2-5(12-4)15-6(8,9)10/h1-2H. The molecule has 0 bridgehead atoms. The second-order valence-electron chi connectivity index (χ2n) is 2.22. The molecule has 0 aromatic carbocycles. The van der Waals surface area contributed by atoms with Crippen molar-refractivity contribution in [1.82, 2.24) is 4.98 Å². The zero-order valence-corrected chi connectivity index (χ0v) is 7.62. The van der Waals surface area contributed by atoms with E-state index in [9.17, 15) is 13.2 Å². The SMILES string of the molecule is [N-]=[N+]=Nc1cc(Cl)nc(OC(F)(F)F)c1. The predicted molar refractivity (Wildman–Crippen MR) is 44.7 cm³/mol. The van der Waals surface area contributed by atoms with Crippen LogP contribution in [0, 0.1) is 0 Å². The smallest absolute Gasteiger partial charge is 0.388 e. The van der Waals surface area contributed by atoms with Gasteiger partial charge in [0.15, 0.2) is 0 Å². The molecule has 0 aliphatic carbocycles. The summed E-state index contributed by atoms with van der Waals surface area (Å²) in [6, 6.07) is 1.92. The number of alkyl halides is 3. The molecule has 0 aliphatic rings. The Kier molecular flexibility index (Phi) is 3.23. The average molecular weight is 239 g/mol. The third-order valence-corrected chi connectivity index (χ3v) is 1.33. The first-order valence-electron chi connectivity index (χ1n) is 3.39. The van der Waals surface area contributed by atoms with E-state index in [1.165, 1.54) is 0 Å². The predicted octanol–water partition coefficient (Wildman–Crippen LogP) is 3.58. The van der Waals surface area contributed by atoms with Crippen molar-refractivity contribution in [3.05, 3.63) is 27.7 Å². The number of nitrogens with zero attached hydrogens (tertiary/aromatic N) is 4. The van der Waals surface area contributed by atoms with Crippen LogP contribution in [0.3, 0.4) is 0 Å². The van der Waals surface area contributed by atoms with Crippen molar-refractivity contribution in [3.63, 3.8) is 0 Å². The molecule has 0 saturated carbocycles. The van der Waals surface area contributed by atoms with Gasteiger partial charge in [0.1, 0.15) is 5.15 Å².